The number of anilines is 2. The molecule has 0 radical (unpaired) electrons. The van der Waals surface area contributed by atoms with Crippen molar-refractivity contribution < 1.29 is 0 Å². The zero-order chi connectivity index (χ0) is 14.5. The van der Waals surface area contributed by atoms with E-state index in [1.807, 2.05) is 37.1 Å². The molecular formula is C15H17N5. The highest BCUT2D eigenvalue weighted by Gasteiger charge is 2.12. The summed E-state index contributed by atoms with van der Waals surface area (Å²) in [4.78, 5) is 10.4. The maximum atomic E-state index is 8.93. The maximum absolute atomic E-state index is 8.93. The van der Waals surface area contributed by atoms with E-state index in [-0.39, 0.29) is 0 Å². The van der Waals surface area contributed by atoms with E-state index in [1.165, 1.54) is 6.33 Å². The molecule has 2 rings (SSSR count). The predicted molar refractivity (Wildman–Crippen MR) is 79.1 cm³/mol. The van der Waals surface area contributed by atoms with E-state index in [9.17, 15) is 0 Å². The summed E-state index contributed by atoms with van der Waals surface area (Å²) in [7, 11) is 1.96. The van der Waals surface area contributed by atoms with Gasteiger partial charge in [0.05, 0.1) is 11.6 Å². The fraction of sp³-hybridized carbons (Fsp3) is 0.267. The second-order valence-corrected chi connectivity index (χ2v) is 4.58. The van der Waals surface area contributed by atoms with Crippen molar-refractivity contribution in [1.82, 2.24) is 9.97 Å². The lowest BCUT2D eigenvalue weighted by Gasteiger charge is -2.21. The molecule has 0 aliphatic carbocycles. The summed E-state index contributed by atoms with van der Waals surface area (Å²) in [5, 5.41) is 8.93. The van der Waals surface area contributed by atoms with Crippen LogP contribution in [-0.4, -0.2) is 17.0 Å². The van der Waals surface area contributed by atoms with Crippen molar-refractivity contribution in [3.63, 3.8) is 0 Å². The topological polar surface area (TPSA) is 78.8 Å². The molecule has 0 amide bonds. The van der Waals surface area contributed by atoms with Gasteiger partial charge in [0, 0.05) is 19.2 Å². The summed E-state index contributed by atoms with van der Waals surface area (Å²) >= 11 is 0. The molecule has 0 bridgehead atoms. The Bertz CT molecular complexity index is 645. The average molecular weight is 267 g/mol. The van der Waals surface area contributed by atoms with Crippen LogP contribution in [-0.2, 0) is 13.0 Å². The van der Waals surface area contributed by atoms with Gasteiger partial charge in [-0.25, -0.2) is 9.97 Å². The second-order valence-electron chi connectivity index (χ2n) is 4.58. The number of nitrogen functional groups attached to an aromatic ring is 1. The van der Waals surface area contributed by atoms with Crippen LogP contribution in [0, 0.1) is 11.3 Å². The van der Waals surface area contributed by atoms with E-state index in [2.05, 4.69) is 16.0 Å². The van der Waals surface area contributed by atoms with Crippen molar-refractivity contribution in [2.75, 3.05) is 17.7 Å². The number of hydrogen-bond acceptors (Lipinski definition) is 5. The Kier molecular flexibility index (Phi) is 4.16. The normalized spacial score (nSPS) is 10.1. The van der Waals surface area contributed by atoms with Crippen molar-refractivity contribution >= 4 is 11.6 Å². The van der Waals surface area contributed by atoms with E-state index in [0.717, 1.165) is 23.4 Å². The quantitative estimate of drug-likeness (QED) is 0.918. The third kappa shape index (κ3) is 2.86. The molecular weight excluding hydrogens is 250 g/mol. The summed E-state index contributed by atoms with van der Waals surface area (Å²) in [5.74, 6) is 1.36. The Morgan fingerprint density at radius 2 is 2.15 bits per heavy atom. The lowest BCUT2D eigenvalue weighted by atomic mass is 10.1. The summed E-state index contributed by atoms with van der Waals surface area (Å²) in [5.41, 5.74) is 8.56. The highest BCUT2D eigenvalue weighted by molar-refractivity contribution is 5.56. The van der Waals surface area contributed by atoms with Gasteiger partial charge in [-0.1, -0.05) is 19.1 Å². The van der Waals surface area contributed by atoms with Crippen LogP contribution in [0.5, 0.6) is 0 Å². The van der Waals surface area contributed by atoms with Crippen LogP contribution in [0.2, 0.25) is 0 Å². The number of hydrogen-bond donors (Lipinski definition) is 1. The Labute approximate surface area is 118 Å². The van der Waals surface area contributed by atoms with Crippen LogP contribution in [0.15, 0.2) is 30.6 Å². The van der Waals surface area contributed by atoms with Gasteiger partial charge in [0.25, 0.3) is 0 Å². The molecule has 0 atom stereocenters. The molecule has 1 heterocycles. The molecule has 2 N–H and O–H groups in total. The van der Waals surface area contributed by atoms with Crippen LogP contribution in [0.3, 0.4) is 0 Å². The standard InChI is InChI=1S/C15H17N5/c1-3-13-14(17)18-10-19-15(13)20(2)9-12-6-4-5-11(7-12)8-16/h4-7,10H,3,9H2,1-2H3,(H2,17,18,19). The van der Waals surface area contributed by atoms with Gasteiger partial charge in [-0.05, 0) is 24.1 Å². The Hall–Kier alpha value is -2.61. The molecule has 5 heteroatoms. The second kappa shape index (κ2) is 6.02. The van der Waals surface area contributed by atoms with E-state index in [0.29, 0.717) is 17.9 Å². The highest BCUT2D eigenvalue weighted by atomic mass is 15.2. The molecule has 102 valence electrons. The molecule has 0 saturated heterocycles. The molecule has 0 fully saturated rings. The maximum Gasteiger partial charge on any atom is 0.137 e. The lowest BCUT2D eigenvalue weighted by Crippen LogP contribution is -2.20. The molecule has 1 aromatic carbocycles. The van der Waals surface area contributed by atoms with Gasteiger partial charge in [0.15, 0.2) is 0 Å². The number of nitrogens with zero attached hydrogens (tertiary/aromatic N) is 4. The molecule has 0 unspecified atom stereocenters. The third-order valence-electron chi connectivity index (χ3n) is 3.15. The van der Waals surface area contributed by atoms with E-state index in [1.54, 1.807) is 6.07 Å². The van der Waals surface area contributed by atoms with Gasteiger partial charge >= 0.3 is 0 Å². The smallest absolute Gasteiger partial charge is 0.137 e. The SMILES string of the molecule is CCc1c(N)ncnc1N(C)Cc1cccc(C#N)c1. The molecule has 0 spiro atoms. The molecule has 5 nitrogen and oxygen atoms in total. The highest BCUT2D eigenvalue weighted by Crippen LogP contribution is 2.22. The van der Waals surface area contributed by atoms with Gasteiger partial charge in [-0.3, -0.25) is 0 Å². The van der Waals surface area contributed by atoms with Gasteiger partial charge in [0.2, 0.25) is 0 Å². The fourth-order valence-electron chi connectivity index (χ4n) is 2.17. The van der Waals surface area contributed by atoms with Crippen molar-refractivity contribution in [2.24, 2.45) is 0 Å². The van der Waals surface area contributed by atoms with Crippen molar-refractivity contribution in [3.8, 4) is 6.07 Å². The molecule has 0 saturated carbocycles. The first-order valence-electron chi connectivity index (χ1n) is 6.45. The number of nitriles is 1. The van der Waals surface area contributed by atoms with Crippen molar-refractivity contribution in [3.05, 3.63) is 47.3 Å². The van der Waals surface area contributed by atoms with E-state index >= 15 is 0 Å². The minimum absolute atomic E-state index is 0.523. The molecule has 2 aromatic rings. The molecule has 1 aromatic heterocycles. The first-order chi connectivity index (χ1) is 9.65. The predicted octanol–water partition coefficient (Wildman–Crippen LogP) is 2.13. The molecule has 0 aliphatic rings. The summed E-state index contributed by atoms with van der Waals surface area (Å²) in [6.07, 6.45) is 2.26. The monoisotopic (exact) mass is 267 g/mol. The van der Waals surface area contributed by atoms with Crippen molar-refractivity contribution in [2.45, 2.75) is 19.9 Å². The first kappa shape index (κ1) is 13.8. The van der Waals surface area contributed by atoms with E-state index in [4.69, 9.17) is 11.0 Å². The average Bonchev–Trinajstić information content (AvgIpc) is 2.47. The number of aromatic nitrogens is 2. The minimum Gasteiger partial charge on any atom is -0.383 e. The van der Waals surface area contributed by atoms with Crippen LogP contribution in [0.1, 0.15) is 23.6 Å². The first-order valence-corrected chi connectivity index (χ1v) is 6.45. The summed E-state index contributed by atoms with van der Waals surface area (Å²) in [6.45, 7) is 2.70. The molecule has 20 heavy (non-hydrogen) atoms. The third-order valence-corrected chi connectivity index (χ3v) is 3.15. The largest absolute Gasteiger partial charge is 0.383 e. The minimum atomic E-state index is 0.523. The zero-order valence-corrected chi connectivity index (χ0v) is 11.7. The van der Waals surface area contributed by atoms with Crippen LogP contribution in [0.25, 0.3) is 0 Å². The van der Waals surface area contributed by atoms with Crippen molar-refractivity contribution in [1.29, 1.82) is 5.26 Å². The van der Waals surface area contributed by atoms with Gasteiger partial charge < -0.3 is 10.6 Å². The number of benzene rings is 1. The number of nitrogens with two attached hydrogens (primary N) is 1. The summed E-state index contributed by atoms with van der Waals surface area (Å²) < 4.78 is 0. The van der Waals surface area contributed by atoms with Gasteiger partial charge in [0.1, 0.15) is 18.0 Å². The lowest BCUT2D eigenvalue weighted by molar-refractivity contribution is 0.872. The van der Waals surface area contributed by atoms with Gasteiger partial charge in [-0.15, -0.1) is 0 Å². The Morgan fingerprint density at radius 1 is 1.35 bits per heavy atom. The zero-order valence-electron chi connectivity index (χ0n) is 11.7. The van der Waals surface area contributed by atoms with Gasteiger partial charge in [-0.2, -0.15) is 5.26 Å². The summed E-state index contributed by atoms with van der Waals surface area (Å²) in [6, 6.07) is 9.70. The van der Waals surface area contributed by atoms with E-state index < -0.39 is 0 Å². The molecule has 0 aliphatic heterocycles. The van der Waals surface area contributed by atoms with Crippen LogP contribution < -0.4 is 10.6 Å². The Morgan fingerprint density at radius 3 is 2.85 bits per heavy atom. The van der Waals surface area contributed by atoms with Crippen LogP contribution in [0.4, 0.5) is 11.6 Å². The van der Waals surface area contributed by atoms with Crippen LogP contribution >= 0.6 is 0 Å². The Balaban J connectivity index is 2.26. The number of rotatable bonds is 4. The fourth-order valence-corrected chi connectivity index (χ4v) is 2.17.